The molecule has 1 aromatic rings. The summed E-state index contributed by atoms with van der Waals surface area (Å²) >= 11 is 0. The number of benzene rings is 1. The lowest BCUT2D eigenvalue weighted by molar-refractivity contribution is 0.0120. The third-order valence-electron chi connectivity index (χ3n) is 4.49. The van der Waals surface area contributed by atoms with Crippen LogP contribution in [0.4, 0.5) is 8.78 Å². The van der Waals surface area contributed by atoms with Crippen LogP contribution in [0.15, 0.2) is 24.3 Å². The Labute approximate surface area is 117 Å². The highest BCUT2D eigenvalue weighted by Gasteiger charge is 2.40. The van der Waals surface area contributed by atoms with Crippen LogP contribution >= 0.6 is 0 Å². The van der Waals surface area contributed by atoms with E-state index in [0.717, 1.165) is 5.92 Å². The van der Waals surface area contributed by atoms with Crippen LogP contribution < -0.4 is 0 Å². The van der Waals surface area contributed by atoms with Gasteiger partial charge in [0.25, 0.3) is 11.8 Å². The van der Waals surface area contributed by atoms with Crippen LogP contribution in [0.3, 0.4) is 0 Å². The molecule has 1 amide bonds. The van der Waals surface area contributed by atoms with Crippen LogP contribution in [0, 0.1) is 5.92 Å². The van der Waals surface area contributed by atoms with E-state index >= 15 is 0 Å². The number of hydrogen-bond donors (Lipinski definition) is 0. The summed E-state index contributed by atoms with van der Waals surface area (Å²) in [4.78, 5) is 13.4. The van der Waals surface area contributed by atoms with Crippen LogP contribution in [-0.4, -0.2) is 29.8 Å². The van der Waals surface area contributed by atoms with Gasteiger partial charge in [-0.15, -0.1) is 0 Å². The van der Waals surface area contributed by atoms with Crippen molar-refractivity contribution in [3.63, 3.8) is 0 Å². The van der Waals surface area contributed by atoms with Crippen LogP contribution in [0.5, 0.6) is 0 Å². The maximum absolute atomic E-state index is 13.1. The average molecular weight is 279 g/mol. The molecule has 4 heteroatoms. The maximum Gasteiger partial charge on any atom is 0.267 e. The summed E-state index contributed by atoms with van der Waals surface area (Å²) in [6.45, 7) is 1.89. The Hall–Kier alpha value is -1.45. The Morgan fingerprint density at radius 1 is 1.35 bits per heavy atom. The van der Waals surface area contributed by atoms with E-state index in [-0.39, 0.29) is 18.9 Å². The Morgan fingerprint density at radius 3 is 2.55 bits per heavy atom. The van der Waals surface area contributed by atoms with Gasteiger partial charge < -0.3 is 4.90 Å². The number of rotatable bonds is 3. The quantitative estimate of drug-likeness (QED) is 0.826. The summed E-state index contributed by atoms with van der Waals surface area (Å²) in [7, 11) is 0. The molecule has 0 bridgehead atoms. The van der Waals surface area contributed by atoms with E-state index in [9.17, 15) is 13.6 Å². The van der Waals surface area contributed by atoms with Crippen molar-refractivity contribution >= 4 is 5.91 Å². The Kier molecular flexibility index (Phi) is 3.27. The molecule has 0 spiro atoms. The van der Waals surface area contributed by atoms with Gasteiger partial charge in [-0.25, -0.2) is 8.78 Å². The van der Waals surface area contributed by atoms with Crippen molar-refractivity contribution in [3.8, 4) is 0 Å². The second-order valence-electron chi connectivity index (χ2n) is 5.97. The van der Waals surface area contributed by atoms with Crippen molar-refractivity contribution in [1.29, 1.82) is 0 Å². The minimum atomic E-state index is -2.72. The van der Waals surface area contributed by atoms with Gasteiger partial charge in [0.15, 0.2) is 0 Å². The molecule has 0 radical (unpaired) electrons. The first-order valence-electron chi connectivity index (χ1n) is 7.27. The highest BCUT2D eigenvalue weighted by molar-refractivity contribution is 5.94. The molecular weight excluding hydrogens is 260 g/mol. The summed E-state index contributed by atoms with van der Waals surface area (Å²) in [6, 6.07) is 7.50. The molecule has 2 nitrogen and oxygen atoms in total. The number of amides is 1. The normalized spacial score (nSPS) is 27.6. The number of nitrogens with zero attached hydrogens (tertiary/aromatic N) is 1. The summed E-state index contributed by atoms with van der Waals surface area (Å²) in [5.41, 5.74) is 1.78. The van der Waals surface area contributed by atoms with Gasteiger partial charge in [-0.1, -0.05) is 25.5 Å². The molecular formula is C16H19F2NO. The molecule has 20 heavy (non-hydrogen) atoms. The molecule has 1 aliphatic heterocycles. The number of likely N-dealkylation sites (tertiary alicyclic amines) is 1. The molecule has 2 fully saturated rings. The van der Waals surface area contributed by atoms with Crippen molar-refractivity contribution in [1.82, 2.24) is 4.90 Å². The van der Waals surface area contributed by atoms with E-state index < -0.39 is 12.5 Å². The van der Waals surface area contributed by atoms with Gasteiger partial charge in [-0.2, -0.15) is 0 Å². The van der Waals surface area contributed by atoms with Crippen LogP contribution in [0.2, 0.25) is 0 Å². The van der Waals surface area contributed by atoms with Crippen molar-refractivity contribution in [2.75, 3.05) is 13.1 Å². The number of carbonyl (C=O) groups excluding carboxylic acids is 1. The number of halogens is 2. The largest absolute Gasteiger partial charge is 0.332 e. The van der Waals surface area contributed by atoms with Crippen LogP contribution in [0.1, 0.15) is 48.0 Å². The Morgan fingerprint density at radius 2 is 2.05 bits per heavy atom. The van der Waals surface area contributed by atoms with Crippen molar-refractivity contribution < 1.29 is 13.6 Å². The van der Waals surface area contributed by atoms with Crippen LogP contribution in [-0.2, 0) is 0 Å². The minimum Gasteiger partial charge on any atom is -0.332 e. The molecule has 0 aromatic heterocycles. The maximum atomic E-state index is 13.1. The highest BCUT2D eigenvalue weighted by atomic mass is 19.3. The molecule has 1 heterocycles. The fourth-order valence-electron chi connectivity index (χ4n) is 3.07. The van der Waals surface area contributed by atoms with E-state index in [1.54, 1.807) is 12.1 Å². The third kappa shape index (κ3) is 2.56. The average Bonchev–Trinajstić information content (AvgIpc) is 3.14. The Bertz CT molecular complexity index is 512. The Balaban J connectivity index is 1.67. The van der Waals surface area contributed by atoms with Gasteiger partial charge in [0, 0.05) is 18.5 Å². The summed E-state index contributed by atoms with van der Waals surface area (Å²) < 4.78 is 26.3. The van der Waals surface area contributed by atoms with E-state index in [2.05, 4.69) is 6.92 Å². The standard InChI is InChI=1S/C16H19F2NO/c1-2-11-9-14(11)12-3-5-13(6-4-12)15(20)19-8-7-16(17,18)10-19/h3-6,11,14H,2,7-10H2,1H3/t11-,14-/m0/s1. The van der Waals surface area contributed by atoms with Crippen LogP contribution in [0.25, 0.3) is 0 Å². The summed E-state index contributed by atoms with van der Waals surface area (Å²) in [6.07, 6.45) is 2.19. The number of hydrogen-bond acceptors (Lipinski definition) is 1. The SMILES string of the molecule is CC[C@H]1C[C@@H]1c1ccc(C(=O)N2CCC(F)(F)C2)cc1. The number of alkyl halides is 2. The van der Waals surface area contributed by atoms with Gasteiger partial charge in [-0.3, -0.25) is 4.79 Å². The molecule has 3 rings (SSSR count). The first-order valence-corrected chi connectivity index (χ1v) is 7.27. The minimum absolute atomic E-state index is 0.147. The fourth-order valence-corrected chi connectivity index (χ4v) is 3.07. The van der Waals surface area contributed by atoms with Crippen molar-refractivity contribution in [2.24, 2.45) is 5.92 Å². The van der Waals surface area contributed by atoms with E-state index in [1.165, 1.54) is 23.3 Å². The molecule has 0 unspecified atom stereocenters. The highest BCUT2D eigenvalue weighted by Crippen LogP contribution is 2.49. The third-order valence-corrected chi connectivity index (χ3v) is 4.49. The van der Waals surface area contributed by atoms with Crippen molar-refractivity contribution in [2.45, 2.75) is 38.0 Å². The van der Waals surface area contributed by atoms with Gasteiger partial charge in [-0.05, 0) is 36.0 Å². The van der Waals surface area contributed by atoms with E-state index in [1.807, 2.05) is 12.1 Å². The predicted octanol–water partition coefficient (Wildman–Crippen LogP) is 3.68. The molecule has 108 valence electrons. The molecule has 1 saturated heterocycles. The predicted molar refractivity (Wildman–Crippen MR) is 73.0 cm³/mol. The first kappa shape index (κ1) is 13.5. The number of carbonyl (C=O) groups is 1. The lowest BCUT2D eigenvalue weighted by Gasteiger charge is -2.16. The zero-order valence-electron chi connectivity index (χ0n) is 11.6. The van der Waals surface area contributed by atoms with Gasteiger partial charge >= 0.3 is 0 Å². The molecule has 0 N–H and O–H groups in total. The topological polar surface area (TPSA) is 20.3 Å². The van der Waals surface area contributed by atoms with Crippen molar-refractivity contribution in [3.05, 3.63) is 35.4 Å². The second kappa shape index (κ2) is 4.83. The molecule has 1 saturated carbocycles. The first-order chi connectivity index (χ1) is 9.50. The molecule has 1 aromatic carbocycles. The van der Waals surface area contributed by atoms with E-state index in [0.29, 0.717) is 11.5 Å². The monoisotopic (exact) mass is 279 g/mol. The lowest BCUT2D eigenvalue weighted by Crippen LogP contribution is -2.31. The zero-order chi connectivity index (χ0) is 14.3. The van der Waals surface area contributed by atoms with Gasteiger partial charge in [0.05, 0.1) is 6.54 Å². The molecule has 2 atom stereocenters. The summed E-state index contributed by atoms with van der Waals surface area (Å²) in [5.74, 6) is -1.61. The molecule has 1 aliphatic carbocycles. The second-order valence-corrected chi connectivity index (χ2v) is 5.97. The smallest absolute Gasteiger partial charge is 0.267 e. The zero-order valence-corrected chi connectivity index (χ0v) is 11.6. The summed E-state index contributed by atoms with van der Waals surface area (Å²) in [5, 5.41) is 0. The van der Waals surface area contributed by atoms with Gasteiger partial charge in [0.1, 0.15) is 0 Å². The molecule has 2 aliphatic rings. The van der Waals surface area contributed by atoms with E-state index in [4.69, 9.17) is 0 Å². The van der Waals surface area contributed by atoms with Gasteiger partial charge in [0.2, 0.25) is 0 Å². The fraction of sp³-hybridized carbons (Fsp3) is 0.562. The lowest BCUT2D eigenvalue weighted by atomic mass is 10.1.